The molecule has 0 bridgehead atoms. The SMILES string of the molecule is CCc1nc(N)c(C)c(NCCCCCCSC)n1. The van der Waals surface area contributed by atoms with E-state index in [1.54, 1.807) is 0 Å². The van der Waals surface area contributed by atoms with Crippen LogP contribution in [-0.2, 0) is 6.42 Å². The fraction of sp³-hybridized carbons (Fsp3) is 0.714. The van der Waals surface area contributed by atoms with Crippen molar-refractivity contribution < 1.29 is 0 Å². The molecule has 0 aromatic carbocycles. The zero-order valence-corrected chi connectivity index (χ0v) is 13.1. The summed E-state index contributed by atoms with van der Waals surface area (Å²) in [6, 6.07) is 0. The number of hydrogen-bond acceptors (Lipinski definition) is 5. The molecule has 0 unspecified atom stereocenters. The van der Waals surface area contributed by atoms with Gasteiger partial charge in [-0.2, -0.15) is 11.8 Å². The summed E-state index contributed by atoms with van der Waals surface area (Å²) in [5.41, 5.74) is 6.85. The van der Waals surface area contributed by atoms with Gasteiger partial charge in [0, 0.05) is 18.5 Å². The second kappa shape index (κ2) is 9.02. The minimum Gasteiger partial charge on any atom is -0.383 e. The van der Waals surface area contributed by atoms with E-state index in [2.05, 4.69) is 21.5 Å². The van der Waals surface area contributed by atoms with Crippen molar-refractivity contribution in [1.82, 2.24) is 9.97 Å². The summed E-state index contributed by atoms with van der Waals surface area (Å²) in [4.78, 5) is 8.75. The standard InChI is InChI=1S/C14H26N4S/c1-4-12-17-13(15)11(2)14(18-12)16-9-7-5-6-8-10-19-3/h4-10H2,1-3H3,(H3,15,16,17,18). The van der Waals surface area contributed by atoms with E-state index >= 15 is 0 Å². The van der Waals surface area contributed by atoms with Crippen LogP contribution in [0.25, 0.3) is 0 Å². The normalized spacial score (nSPS) is 10.7. The lowest BCUT2D eigenvalue weighted by molar-refractivity contribution is 0.687. The molecule has 4 nitrogen and oxygen atoms in total. The first-order valence-electron chi connectivity index (χ1n) is 7.04. The molecule has 1 aromatic heterocycles. The Balaban J connectivity index is 2.34. The highest BCUT2D eigenvalue weighted by atomic mass is 32.2. The molecule has 108 valence electrons. The number of nitrogens with two attached hydrogens (primary N) is 1. The third-order valence-corrected chi connectivity index (χ3v) is 3.81. The number of anilines is 2. The first kappa shape index (κ1) is 16.1. The molecule has 5 heteroatoms. The van der Waals surface area contributed by atoms with Gasteiger partial charge >= 0.3 is 0 Å². The molecule has 0 saturated heterocycles. The number of aromatic nitrogens is 2. The Morgan fingerprint density at radius 2 is 1.89 bits per heavy atom. The summed E-state index contributed by atoms with van der Waals surface area (Å²) in [7, 11) is 0. The van der Waals surface area contributed by atoms with Crippen molar-refractivity contribution in [2.75, 3.05) is 29.6 Å². The van der Waals surface area contributed by atoms with E-state index in [0.29, 0.717) is 5.82 Å². The van der Waals surface area contributed by atoms with Gasteiger partial charge in [0.15, 0.2) is 0 Å². The minimum atomic E-state index is 0.592. The van der Waals surface area contributed by atoms with E-state index in [9.17, 15) is 0 Å². The summed E-state index contributed by atoms with van der Waals surface area (Å²) in [6.45, 7) is 4.97. The van der Waals surface area contributed by atoms with Crippen LogP contribution in [0.2, 0.25) is 0 Å². The molecule has 3 N–H and O–H groups in total. The van der Waals surface area contributed by atoms with Crippen LogP contribution in [0.3, 0.4) is 0 Å². The van der Waals surface area contributed by atoms with Gasteiger partial charge in [-0.25, -0.2) is 9.97 Å². The molecular weight excluding hydrogens is 256 g/mol. The number of nitrogens with one attached hydrogen (secondary N) is 1. The van der Waals surface area contributed by atoms with Gasteiger partial charge in [0.25, 0.3) is 0 Å². The molecule has 0 saturated carbocycles. The van der Waals surface area contributed by atoms with Gasteiger partial charge in [0.05, 0.1) is 0 Å². The highest BCUT2D eigenvalue weighted by Gasteiger charge is 2.06. The van der Waals surface area contributed by atoms with Gasteiger partial charge in [-0.15, -0.1) is 0 Å². The van der Waals surface area contributed by atoms with E-state index in [-0.39, 0.29) is 0 Å². The number of unbranched alkanes of at least 4 members (excludes halogenated alkanes) is 3. The summed E-state index contributed by atoms with van der Waals surface area (Å²) in [5.74, 6) is 3.57. The first-order chi connectivity index (χ1) is 9.19. The molecule has 0 aliphatic heterocycles. The molecular formula is C14H26N4S. The Morgan fingerprint density at radius 1 is 1.16 bits per heavy atom. The third-order valence-electron chi connectivity index (χ3n) is 3.11. The van der Waals surface area contributed by atoms with Gasteiger partial charge < -0.3 is 11.1 Å². The van der Waals surface area contributed by atoms with Crippen LogP contribution in [0.1, 0.15) is 44.0 Å². The second-order valence-electron chi connectivity index (χ2n) is 4.69. The maximum atomic E-state index is 5.89. The van der Waals surface area contributed by atoms with E-state index in [1.165, 1.54) is 31.4 Å². The van der Waals surface area contributed by atoms with E-state index in [4.69, 9.17) is 5.73 Å². The fourth-order valence-corrected chi connectivity index (χ4v) is 2.34. The lowest BCUT2D eigenvalue weighted by atomic mass is 10.2. The average molecular weight is 282 g/mol. The summed E-state index contributed by atoms with van der Waals surface area (Å²) < 4.78 is 0. The van der Waals surface area contributed by atoms with E-state index < -0.39 is 0 Å². The zero-order valence-electron chi connectivity index (χ0n) is 12.3. The molecule has 1 heterocycles. The molecule has 19 heavy (non-hydrogen) atoms. The summed E-state index contributed by atoms with van der Waals surface area (Å²) >= 11 is 1.92. The molecule has 0 radical (unpaired) electrons. The Morgan fingerprint density at radius 3 is 2.58 bits per heavy atom. The van der Waals surface area contributed by atoms with Gasteiger partial charge in [-0.05, 0) is 31.8 Å². The fourth-order valence-electron chi connectivity index (χ4n) is 1.84. The van der Waals surface area contributed by atoms with Crippen molar-refractivity contribution in [2.45, 2.75) is 46.0 Å². The van der Waals surface area contributed by atoms with Crippen LogP contribution < -0.4 is 11.1 Å². The smallest absolute Gasteiger partial charge is 0.134 e. The molecule has 0 aliphatic rings. The van der Waals surface area contributed by atoms with Crippen molar-refractivity contribution in [2.24, 2.45) is 0 Å². The number of thioether (sulfide) groups is 1. The summed E-state index contributed by atoms with van der Waals surface area (Å²) in [5, 5.41) is 3.38. The average Bonchev–Trinajstić information content (AvgIpc) is 2.42. The van der Waals surface area contributed by atoms with Crippen LogP contribution in [0.4, 0.5) is 11.6 Å². The van der Waals surface area contributed by atoms with Crippen LogP contribution >= 0.6 is 11.8 Å². The second-order valence-corrected chi connectivity index (χ2v) is 5.67. The lowest BCUT2D eigenvalue weighted by Gasteiger charge is -2.11. The molecule has 0 atom stereocenters. The number of hydrogen-bond donors (Lipinski definition) is 2. The van der Waals surface area contributed by atoms with Gasteiger partial charge in [0.2, 0.25) is 0 Å². The predicted molar refractivity (Wildman–Crippen MR) is 85.9 cm³/mol. The maximum Gasteiger partial charge on any atom is 0.134 e. The van der Waals surface area contributed by atoms with Crippen LogP contribution in [-0.4, -0.2) is 28.5 Å². The predicted octanol–water partition coefficient (Wildman–Crippen LogP) is 3.26. The number of nitrogens with zero attached hydrogens (tertiary/aromatic N) is 2. The Labute approximate surface area is 121 Å². The van der Waals surface area contributed by atoms with Gasteiger partial charge in [-0.3, -0.25) is 0 Å². The van der Waals surface area contributed by atoms with Gasteiger partial charge in [-0.1, -0.05) is 19.8 Å². The van der Waals surface area contributed by atoms with Crippen molar-refractivity contribution in [3.05, 3.63) is 11.4 Å². The quantitative estimate of drug-likeness (QED) is 0.681. The highest BCUT2D eigenvalue weighted by Crippen LogP contribution is 2.17. The number of nitrogen functional groups attached to an aromatic ring is 1. The Hall–Kier alpha value is -0.970. The molecule has 1 aromatic rings. The Kier molecular flexibility index (Phi) is 7.63. The molecule has 0 fully saturated rings. The van der Waals surface area contributed by atoms with Crippen molar-refractivity contribution in [3.8, 4) is 0 Å². The topological polar surface area (TPSA) is 63.8 Å². The van der Waals surface area contributed by atoms with Gasteiger partial charge in [0.1, 0.15) is 17.5 Å². The third kappa shape index (κ3) is 5.68. The van der Waals surface area contributed by atoms with Crippen molar-refractivity contribution in [3.63, 3.8) is 0 Å². The summed E-state index contributed by atoms with van der Waals surface area (Å²) in [6.07, 6.45) is 8.06. The number of rotatable bonds is 9. The lowest BCUT2D eigenvalue weighted by Crippen LogP contribution is -2.10. The monoisotopic (exact) mass is 282 g/mol. The van der Waals surface area contributed by atoms with Crippen molar-refractivity contribution >= 4 is 23.4 Å². The van der Waals surface area contributed by atoms with E-state index in [0.717, 1.165) is 30.2 Å². The minimum absolute atomic E-state index is 0.592. The maximum absolute atomic E-state index is 5.89. The molecule has 0 spiro atoms. The van der Waals surface area contributed by atoms with Crippen LogP contribution in [0.15, 0.2) is 0 Å². The zero-order chi connectivity index (χ0) is 14.1. The van der Waals surface area contributed by atoms with Crippen LogP contribution in [0, 0.1) is 6.92 Å². The van der Waals surface area contributed by atoms with Crippen LogP contribution in [0.5, 0.6) is 0 Å². The first-order valence-corrected chi connectivity index (χ1v) is 8.44. The molecule has 1 rings (SSSR count). The van der Waals surface area contributed by atoms with Crippen molar-refractivity contribution in [1.29, 1.82) is 0 Å². The highest BCUT2D eigenvalue weighted by molar-refractivity contribution is 7.98. The Bertz CT molecular complexity index is 382. The van der Waals surface area contributed by atoms with E-state index in [1.807, 2.05) is 25.6 Å². The molecule has 0 aliphatic carbocycles. The molecule has 0 amide bonds. The number of aryl methyl sites for hydroxylation is 1. The largest absolute Gasteiger partial charge is 0.383 e.